The summed E-state index contributed by atoms with van der Waals surface area (Å²) in [6.07, 6.45) is 12.1. The van der Waals surface area contributed by atoms with Gasteiger partial charge < -0.3 is 4.90 Å². The maximum atomic E-state index is 4.40. The Kier molecular flexibility index (Phi) is 8.90. The molecule has 6 aromatic carbocycles. The van der Waals surface area contributed by atoms with E-state index in [0.717, 1.165) is 44.9 Å². The molecule has 1 heteroatoms. The third kappa shape index (κ3) is 6.11. The van der Waals surface area contributed by atoms with Crippen LogP contribution in [0.25, 0.3) is 39.1 Å². The van der Waals surface area contributed by atoms with Crippen LogP contribution in [0.4, 0.5) is 11.4 Å². The summed E-state index contributed by atoms with van der Waals surface area (Å²) < 4.78 is 0. The molecule has 0 aromatic heterocycles. The van der Waals surface area contributed by atoms with E-state index in [2.05, 4.69) is 184 Å². The average Bonchev–Trinajstić information content (AvgIpc) is 3.39. The number of fused-ring (bicyclic) bond motifs is 4. The van der Waals surface area contributed by atoms with Crippen LogP contribution in [-0.2, 0) is 5.41 Å². The molecule has 0 atom stereocenters. The molecule has 0 aliphatic heterocycles. The molecule has 0 radical (unpaired) electrons. The molecule has 0 heterocycles. The molecule has 0 N–H and O–H groups in total. The van der Waals surface area contributed by atoms with E-state index in [1.165, 1.54) is 33.0 Å². The van der Waals surface area contributed by atoms with E-state index >= 15 is 0 Å². The highest BCUT2D eigenvalue weighted by atomic mass is 15.1. The minimum atomic E-state index is -0.129. The Hall–Kier alpha value is -6.18. The summed E-state index contributed by atoms with van der Waals surface area (Å²) in [5, 5.41) is 2.39. The van der Waals surface area contributed by atoms with Crippen molar-refractivity contribution in [3.05, 3.63) is 223 Å². The second-order valence-electron chi connectivity index (χ2n) is 13.2. The van der Waals surface area contributed by atoms with Gasteiger partial charge in [0.1, 0.15) is 0 Å². The summed E-state index contributed by atoms with van der Waals surface area (Å²) in [6.45, 7) is 17.0. The molecule has 6 aromatic rings. The van der Waals surface area contributed by atoms with Gasteiger partial charge >= 0.3 is 0 Å². The third-order valence-corrected chi connectivity index (χ3v) is 9.76. The molecule has 0 amide bonds. The highest BCUT2D eigenvalue weighted by Crippen LogP contribution is 2.50. The minimum Gasteiger partial charge on any atom is -0.310 e. The summed E-state index contributed by atoms with van der Waals surface area (Å²) in [7, 11) is 0. The standard InChI is InChI=1S/C49H41N/c1-6-17-36(7-2)38-22-16-23-39(31-38)41(30-35-18-10-9-11-19-35)33-42(8-3)50(43-27-26-37-20-12-13-21-40(37)32-43)44-28-29-46-45-24-14-15-25-47(45)49(4,5)48(46)34-44/h6-34H,1-3H2,4-5H3/b36-17+,41-30-,42-33+. The molecule has 0 spiro atoms. The summed E-state index contributed by atoms with van der Waals surface area (Å²) in [6, 6.07) is 50.0. The fourth-order valence-electron chi connectivity index (χ4n) is 7.19. The van der Waals surface area contributed by atoms with Crippen molar-refractivity contribution in [2.45, 2.75) is 19.3 Å². The van der Waals surface area contributed by atoms with E-state index < -0.39 is 0 Å². The first-order valence-electron chi connectivity index (χ1n) is 17.1. The van der Waals surface area contributed by atoms with Gasteiger partial charge in [-0.05, 0) is 109 Å². The van der Waals surface area contributed by atoms with Crippen molar-refractivity contribution in [2.24, 2.45) is 0 Å². The van der Waals surface area contributed by atoms with E-state index in [0.29, 0.717) is 0 Å². The Morgan fingerprint density at radius 3 is 1.98 bits per heavy atom. The van der Waals surface area contributed by atoms with Crippen molar-refractivity contribution in [3.63, 3.8) is 0 Å². The van der Waals surface area contributed by atoms with Crippen molar-refractivity contribution >= 4 is 39.4 Å². The molecule has 0 unspecified atom stereocenters. The SMILES string of the molecule is C=C/C=C(\C=C)c1cccc(C(=C\c2ccccc2)/C=C(\C=C)N(c2ccc3c(c2)C(C)(C)c2ccccc2-3)c2ccc3ccccc3c2)c1. The summed E-state index contributed by atoms with van der Waals surface area (Å²) in [5.41, 5.74) is 13.7. The second kappa shape index (κ2) is 13.7. The number of allylic oxidation sites excluding steroid dienone is 7. The topological polar surface area (TPSA) is 3.24 Å². The van der Waals surface area contributed by atoms with Gasteiger partial charge in [0.15, 0.2) is 0 Å². The summed E-state index contributed by atoms with van der Waals surface area (Å²) in [4.78, 5) is 2.34. The highest BCUT2D eigenvalue weighted by Gasteiger charge is 2.35. The van der Waals surface area contributed by atoms with Crippen LogP contribution < -0.4 is 4.90 Å². The molecule has 242 valence electrons. The number of benzene rings is 6. The van der Waals surface area contributed by atoms with Crippen molar-refractivity contribution in [1.82, 2.24) is 0 Å². The van der Waals surface area contributed by atoms with Gasteiger partial charge in [-0.15, -0.1) is 0 Å². The van der Waals surface area contributed by atoms with E-state index in [1.807, 2.05) is 24.3 Å². The van der Waals surface area contributed by atoms with Gasteiger partial charge in [-0.3, -0.25) is 0 Å². The molecule has 0 saturated carbocycles. The maximum absolute atomic E-state index is 4.40. The van der Waals surface area contributed by atoms with Crippen LogP contribution in [-0.4, -0.2) is 0 Å². The van der Waals surface area contributed by atoms with E-state index in [9.17, 15) is 0 Å². The molecule has 1 nitrogen and oxygen atoms in total. The lowest BCUT2D eigenvalue weighted by Gasteiger charge is -2.29. The number of hydrogen-bond donors (Lipinski definition) is 0. The first-order valence-corrected chi connectivity index (χ1v) is 17.1. The molecule has 1 aliphatic rings. The van der Waals surface area contributed by atoms with Crippen molar-refractivity contribution in [2.75, 3.05) is 4.90 Å². The molecule has 0 bridgehead atoms. The normalized spacial score (nSPS) is 13.8. The molecular formula is C49H41N. The quantitative estimate of drug-likeness (QED) is 0.106. The molecule has 0 saturated heterocycles. The number of rotatable bonds is 10. The van der Waals surface area contributed by atoms with Crippen LogP contribution in [0.5, 0.6) is 0 Å². The summed E-state index contributed by atoms with van der Waals surface area (Å²) in [5.74, 6) is 0. The average molecular weight is 644 g/mol. The van der Waals surface area contributed by atoms with E-state index in [4.69, 9.17) is 0 Å². The van der Waals surface area contributed by atoms with Crippen LogP contribution >= 0.6 is 0 Å². The predicted molar refractivity (Wildman–Crippen MR) is 217 cm³/mol. The Balaban J connectivity index is 1.45. The van der Waals surface area contributed by atoms with Crippen molar-refractivity contribution < 1.29 is 0 Å². The van der Waals surface area contributed by atoms with Gasteiger partial charge in [0, 0.05) is 22.5 Å². The Bertz CT molecular complexity index is 2340. The summed E-state index contributed by atoms with van der Waals surface area (Å²) >= 11 is 0. The number of nitrogens with zero attached hydrogens (tertiary/aromatic N) is 1. The van der Waals surface area contributed by atoms with Crippen LogP contribution in [0.15, 0.2) is 195 Å². The van der Waals surface area contributed by atoms with Gasteiger partial charge in [0.2, 0.25) is 0 Å². The lowest BCUT2D eigenvalue weighted by molar-refractivity contribution is 0.660. The van der Waals surface area contributed by atoms with Gasteiger partial charge in [-0.25, -0.2) is 0 Å². The van der Waals surface area contributed by atoms with Gasteiger partial charge in [0.05, 0.1) is 0 Å². The van der Waals surface area contributed by atoms with E-state index in [-0.39, 0.29) is 5.41 Å². The largest absolute Gasteiger partial charge is 0.310 e. The first kappa shape index (κ1) is 32.4. The minimum absolute atomic E-state index is 0.129. The number of hydrogen-bond acceptors (Lipinski definition) is 1. The zero-order valence-corrected chi connectivity index (χ0v) is 28.8. The molecule has 7 rings (SSSR count). The van der Waals surface area contributed by atoms with Crippen LogP contribution in [0, 0.1) is 0 Å². The Morgan fingerprint density at radius 2 is 1.22 bits per heavy atom. The lowest BCUT2D eigenvalue weighted by Crippen LogP contribution is -2.18. The smallest absolute Gasteiger partial charge is 0.0468 e. The van der Waals surface area contributed by atoms with Gasteiger partial charge in [-0.2, -0.15) is 0 Å². The fourth-order valence-corrected chi connectivity index (χ4v) is 7.19. The third-order valence-electron chi connectivity index (χ3n) is 9.76. The highest BCUT2D eigenvalue weighted by molar-refractivity contribution is 5.93. The zero-order valence-electron chi connectivity index (χ0n) is 28.8. The molecular weight excluding hydrogens is 603 g/mol. The Morgan fingerprint density at radius 1 is 0.560 bits per heavy atom. The predicted octanol–water partition coefficient (Wildman–Crippen LogP) is 13.4. The molecule has 1 aliphatic carbocycles. The molecule has 50 heavy (non-hydrogen) atoms. The van der Waals surface area contributed by atoms with Crippen LogP contribution in [0.2, 0.25) is 0 Å². The van der Waals surface area contributed by atoms with E-state index in [1.54, 1.807) is 6.08 Å². The van der Waals surface area contributed by atoms with Crippen LogP contribution in [0.1, 0.15) is 41.7 Å². The maximum Gasteiger partial charge on any atom is 0.0468 e. The monoisotopic (exact) mass is 643 g/mol. The van der Waals surface area contributed by atoms with Crippen molar-refractivity contribution in [1.29, 1.82) is 0 Å². The first-order chi connectivity index (χ1) is 24.4. The Labute approximate surface area is 296 Å². The number of anilines is 2. The van der Waals surface area contributed by atoms with Crippen LogP contribution in [0.3, 0.4) is 0 Å². The second-order valence-corrected chi connectivity index (χ2v) is 13.2. The van der Waals surface area contributed by atoms with Gasteiger partial charge in [-0.1, -0.05) is 161 Å². The van der Waals surface area contributed by atoms with Crippen molar-refractivity contribution in [3.8, 4) is 11.1 Å². The lowest BCUT2D eigenvalue weighted by atomic mass is 9.82. The van der Waals surface area contributed by atoms with Gasteiger partial charge in [0.25, 0.3) is 0 Å². The molecule has 0 fully saturated rings. The zero-order chi connectivity index (χ0) is 34.7. The fraction of sp³-hybridized carbons (Fsp3) is 0.0612.